The molecule has 1 fully saturated rings. The van der Waals surface area contributed by atoms with Crippen molar-refractivity contribution in [3.8, 4) is 0 Å². The summed E-state index contributed by atoms with van der Waals surface area (Å²) in [6.45, 7) is 2.97. The van der Waals surface area contributed by atoms with Crippen LogP contribution in [0.4, 0.5) is 0 Å². The first-order chi connectivity index (χ1) is 12.0. The van der Waals surface area contributed by atoms with Crippen LogP contribution < -0.4 is 21.9 Å². The van der Waals surface area contributed by atoms with Crippen LogP contribution in [0.1, 0.15) is 31.6 Å². The third kappa shape index (κ3) is 4.88. The summed E-state index contributed by atoms with van der Waals surface area (Å²) in [6, 6.07) is 0. The monoisotopic (exact) mass is 352 g/mol. The molecule has 2 rings (SSSR count). The van der Waals surface area contributed by atoms with E-state index in [0.717, 1.165) is 0 Å². The highest BCUT2D eigenvalue weighted by molar-refractivity contribution is 5.91. The van der Waals surface area contributed by atoms with Crippen molar-refractivity contribution < 1.29 is 14.6 Å². The molecule has 0 aromatic carbocycles. The quantitative estimate of drug-likeness (QED) is 0.366. The zero-order valence-corrected chi connectivity index (χ0v) is 14.3. The molecule has 0 radical (unpaired) electrons. The van der Waals surface area contributed by atoms with E-state index in [-0.39, 0.29) is 24.0 Å². The Morgan fingerprint density at radius 3 is 2.88 bits per heavy atom. The summed E-state index contributed by atoms with van der Waals surface area (Å²) in [6.07, 6.45) is 3.13. The van der Waals surface area contributed by atoms with Gasteiger partial charge >= 0.3 is 5.69 Å². The van der Waals surface area contributed by atoms with Crippen molar-refractivity contribution in [1.82, 2.24) is 20.2 Å². The van der Waals surface area contributed by atoms with Gasteiger partial charge in [0, 0.05) is 31.8 Å². The lowest BCUT2D eigenvalue weighted by Crippen LogP contribution is -2.33. The Kier molecular flexibility index (Phi) is 6.68. The van der Waals surface area contributed by atoms with E-state index in [4.69, 9.17) is 4.74 Å². The van der Waals surface area contributed by atoms with Crippen molar-refractivity contribution in [2.24, 2.45) is 0 Å². The molecule has 1 amide bonds. The number of rotatable bonds is 7. The zero-order valence-electron chi connectivity index (χ0n) is 14.3. The fraction of sp³-hybridized carbons (Fsp3) is 0.562. The Morgan fingerprint density at radius 1 is 1.48 bits per heavy atom. The van der Waals surface area contributed by atoms with Crippen molar-refractivity contribution in [3.63, 3.8) is 0 Å². The van der Waals surface area contributed by atoms with Gasteiger partial charge < -0.3 is 20.5 Å². The number of ether oxygens (including phenoxy) is 1. The van der Waals surface area contributed by atoms with Crippen molar-refractivity contribution in [3.05, 3.63) is 38.7 Å². The maximum Gasteiger partial charge on any atom is 0.330 e. The third-order valence-electron chi connectivity index (χ3n) is 4.00. The van der Waals surface area contributed by atoms with E-state index in [2.05, 4.69) is 15.6 Å². The molecule has 0 unspecified atom stereocenters. The number of likely N-dealkylation sites (N-methyl/N-ethyl adjacent to an activating group) is 1. The molecule has 25 heavy (non-hydrogen) atoms. The minimum absolute atomic E-state index is 0.154. The topological polar surface area (TPSA) is 125 Å². The van der Waals surface area contributed by atoms with E-state index in [1.54, 1.807) is 7.05 Å². The molecule has 9 heteroatoms. The Labute approximate surface area is 144 Å². The van der Waals surface area contributed by atoms with E-state index in [1.807, 2.05) is 6.92 Å². The molecule has 0 aliphatic carbocycles. The average Bonchev–Trinajstić information content (AvgIpc) is 2.95. The van der Waals surface area contributed by atoms with Crippen molar-refractivity contribution >= 4 is 12.0 Å². The molecule has 2 heterocycles. The van der Waals surface area contributed by atoms with E-state index in [9.17, 15) is 19.5 Å². The smallest absolute Gasteiger partial charge is 0.330 e. The van der Waals surface area contributed by atoms with Gasteiger partial charge in [0.2, 0.25) is 5.91 Å². The lowest BCUT2D eigenvalue weighted by atomic mass is 10.1. The Balaban J connectivity index is 2.17. The van der Waals surface area contributed by atoms with Crippen LogP contribution in [0.15, 0.2) is 21.9 Å². The lowest BCUT2D eigenvalue weighted by Gasteiger charge is -2.15. The molecule has 0 spiro atoms. The Morgan fingerprint density at radius 2 is 2.24 bits per heavy atom. The van der Waals surface area contributed by atoms with Crippen LogP contribution in [0.25, 0.3) is 6.08 Å². The van der Waals surface area contributed by atoms with Crippen molar-refractivity contribution in [2.45, 2.75) is 38.2 Å². The van der Waals surface area contributed by atoms with Crippen LogP contribution in [-0.4, -0.2) is 52.9 Å². The minimum atomic E-state index is -0.661. The van der Waals surface area contributed by atoms with Gasteiger partial charge in [-0.25, -0.2) is 4.79 Å². The Bertz CT molecular complexity index is 739. The van der Waals surface area contributed by atoms with Gasteiger partial charge in [-0.2, -0.15) is 0 Å². The minimum Gasteiger partial charge on any atom is -0.390 e. The number of H-pyrrole nitrogens is 1. The standard InChI is InChI=1S/C16H24N4O5/c1-3-12-11(21)8-14(25-12)20-9-10(15(23)19-16(20)24)4-5-13(22)18-7-6-17-2/h4-5,9,11-12,14,17,21H,3,6-8H2,1-2H3,(H,18,22)(H,19,23,24)/b5-4+/t11-,12-,14-/m1/s1. The van der Waals surface area contributed by atoms with Gasteiger partial charge in [-0.3, -0.25) is 19.1 Å². The molecular formula is C16H24N4O5. The van der Waals surface area contributed by atoms with Crippen LogP contribution >= 0.6 is 0 Å². The van der Waals surface area contributed by atoms with Gasteiger partial charge in [0.25, 0.3) is 5.56 Å². The first-order valence-corrected chi connectivity index (χ1v) is 8.25. The SMILES string of the molecule is CC[C@H]1O[C@@H](n2cc(/C=C/C(=O)NCCNC)c(=O)[nH]c2=O)C[C@H]1O. The van der Waals surface area contributed by atoms with E-state index >= 15 is 0 Å². The number of aromatic nitrogens is 2. The maximum absolute atomic E-state index is 12.0. The summed E-state index contributed by atoms with van der Waals surface area (Å²) in [5, 5.41) is 15.5. The fourth-order valence-electron chi connectivity index (χ4n) is 2.62. The van der Waals surface area contributed by atoms with Crippen LogP contribution in [0, 0.1) is 0 Å². The largest absolute Gasteiger partial charge is 0.390 e. The molecule has 9 nitrogen and oxygen atoms in total. The molecule has 1 aromatic rings. The van der Waals surface area contributed by atoms with Gasteiger partial charge in [-0.05, 0) is 19.5 Å². The molecule has 1 saturated heterocycles. The fourth-order valence-corrected chi connectivity index (χ4v) is 2.62. The first-order valence-electron chi connectivity index (χ1n) is 8.25. The highest BCUT2D eigenvalue weighted by Crippen LogP contribution is 2.29. The van der Waals surface area contributed by atoms with Gasteiger partial charge in [0.15, 0.2) is 0 Å². The molecule has 138 valence electrons. The summed E-state index contributed by atoms with van der Waals surface area (Å²) >= 11 is 0. The Hall–Kier alpha value is -2.23. The number of hydrogen-bond acceptors (Lipinski definition) is 6. The molecule has 4 N–H and O–H groups in total. The highest BCUT2D eigenvalue weighted by atomic mass is 16.5. The van der Waals surface area contributed by atoms with Crippen LogP contribution in [-0.2, 0) is 9.53 Å². The number of aliphatic hydroxyl groups excluding tert-OH is 1. The van der Waals surface area contributed by atoms with E-state index < -0.39 is 23.6 Å². The van der Waals surface area contributed by atoms with Crippen molar-refractivity contribution in [2.75, 3.05) is 20.1 Å². The predicted octanol–water partition coefficient (Wildman–Crippen LogP) is -1.06. The second kappa shape index (κ2) is 8.75. The number of nitrogens with one attached hydrogen (secondary N) is 3. The number of carbonyl (C=O) groups excluding carboxylic acids is 1. The number of hydrogen-bond donors (Lipinski definition) is 4. The molecule has 3 atom stereocenters. The molecule has 0 bridgehead atoms. The molecular weight excluding hydrogens is 328 g/mol. The second-order valence-electron chi connectivity index (χ2n) is 5.82. The summed E-state index contributed by atoms with van der Waals surface area (Å²) < 4.78 is 6.89. The second-order valence-corrected chi connectivity index (χ2v) is 5.82. The molecule has 0 saturated carbocycles. The number of aromatic amines is 1. The van der Waals surface area contributed by atoms with E-state index in [1.165, 1.54) is 22.9 Å². The van der Waals surface area contributed by atoms with Gasteiger partial charge in [-0.1, -0.05) is 6.92 Å². The molecule has 1 aliphatic heterocycles. The van der Waals surface area contributed by atoms with Crippen LogP contribution in [0.2, 0.25) is 0 Å². The van der Waals surface area contributed by atoms with Gasteiger partial charge in [0.1, 0.15) is 6.23 Å². The molecule has 1 aliphatic rings. The van der Waals surface area contributed by atoms with Gasteiger partial charge in [-0.15, -0.1) is 0 Å². The summed E-state index contributed by atoms with van der Waals surface area (Å²) in [5.74, 6) is -0.342. The highest BCUT2D eigenvalue weighted by Gasteiger charge is 2.34. The summed E-state index contributed by atoms with van der Waals surface area (Å²) in [5.41, 5.74) is -1.05. The predicted molar refractivity (Wildman–Crippen MR) is 92.1 cm³/mol. The number of amides is 1. The summed E-state index contributed by atoms with van der Waals surface area (Å²) in [4.78, 5) is 37.8. The van der Waals surface area contributed by atoms with Gasteiger partial charge in [0.05, 0.1) is 17.8 Å². The number of nitrogens with zero attached hydrogens (tertiary/aromatic N) is 1. The van der Waals surface area contributed by atoms with E-state index in [0.29, 0.717) is 19.5 Å². The normalized spacial score (nSPS) is 23.2. The number of carbonyl (C=O) groups is 1. The average molecular weight is 352 g/mol. The van der Waals surface area contributed by atoms with Crippen LogP contribution in [0.3, 0.4) is 0 Å². The molecule has 1 aromatic heterocycles. The summed E-state index contributed by atoms with van der Waals surface area (Å²) in [7, 11) is 1.77. The number of aliphatic hydroxyl groups is 1. The zero-order chi connectivity index (χ0) is 18.4. The first kappa shape index (κ1) is 19.1. The lowest BCUT2D eigenvalue weighted by molar-refractivity contribution is -0.116. The van der Waals surface area contributed by atoms with Crippen molar-refractivity contribution in [1.29, 1.82) is 0 Å². The van der Waals surface area contributed by atoms with Crippen LogP contribution in [0.5, 0.6) is 0 Å². The maximum atomic E-state index is 12.0. The third-order valence-corrected chi connectivity index (χ3v) is 4.00.